The van der Waals surface area contributed by atoms with Crippen LogP contribution in [0.3, 0.4) is 0 Å². The summed E-state index contributed by atoms with van der Waals surface area (Å²) >= 11 is 5.93. The average Bonchev–Trinajstić information content (AvgIpc) is 2.74. The van der Waals surface area contributed by atoms with Crippen LogP contribution in [0.25, 0.3) is 22.2 Å². The molecule has 1 aliphatic carbocycles. The standard InChI is InChI=1S/C16H8ClNO2/c17-8-5-6-12-11(7-8)16(20)13-14(18-12)9-3-1-2-4-10(9)15(13)19/h1-7H,(H,18,20). The number of hydrogen-bond acceptors (Lipinski definition) is 2. The van der Waals surface area contributed by atoms with E-state index in [9.17, 15) is 9.59 Å². The number of H-pyrrole nitrogens is 1. The molecule has 0 saturated heterocycles. The maximum atomic E-state index is 12.6. The summed E-state index contributed by atoms with van der Waals surface area (Å²) in [5.74, 6) is -0.223. The van der Waals surface area contributed by atoms with E-state index in [1.807, 2.05) is 12.1 Å². The molecule has 0 saturated carbocycles. The Kier molecular flexibility index (Phi) is 2.18. The van der Waals surface area contributed by atoms with Crippen LogP contribution in [-0.2, 0) is 0 Å². The minimum atomic E-state index is -0.266. The van der Waals surface area contributed by atoms with Crippen LogP contribution < -0.4 is 5.43 Å². The lowest BCUT2D eigenvalue weighted by atomic mass is 10.1. The largest absolute Gasteiger partial charge is 0.354 e. The number of carbonyl (C=O) groups excluding carboxylic acids is 1. The lowest BCUT2D eigenvalue weighted by Crippen LogP contribution is -2.14. The summed E-state index contributed by atoms with van der Waals surface area (Å²) in [7, 11) is 0. The number of nitrogens with one attached hydrogen (secondary N) is 1. The lowest BCUT2D eigenvalue weighted by Gasteiger charge is -2.04. The van der Waals surface area contributed by atoms with Crippen molar-refractivity contribution in [2.45, 2.75) is 0 Å². The van der Waals surface area contributed by atoms with Crippen molar-refractivity contribution < 1.29 is 4.79 Å². The predicted molar refractivity (Wildman–Crippen MR) is 78.4 cm³/mol. The van der Waals surface area contributed by atoms with Crippen LogP contribution in [0.4, 0.5) is 0 Å². The summed E-state index contributed by atoms with van der Waals surface area (Å²) in [5, 5.41) is 0.920. The third-order valence-corrected chi connectivity index (χ3v) is 3.87. The van der Waals surface area contributed by atoms with E-state index in [4.69, 9.17) is 11.6 Å². The van der Waals surface area contributed by atoms with Gasteiger partial charge >= 0.3 is 0 Å². The molecule has 0 amide bonds. The van der Waals surface area contributed by atoms with Crippen molar-refractivity contribution in [1.82, 2.24) is 4.98 Å². The van der Waals surface area contributed by atoms with Crippen LogP contribution in [0.15, 0.2) is 47.3 Å². The minimum Gasteiger partial charge on any atom is -0.354 e. The number of hydrogen-bond donors (Lipinski definition) is 1. The van der Waals surface area contributed by atoms with Gasteiger partial charge in [-0.15, -0.1) is 0 Å². The van der Waals surface area contributed by atoms with Crippen molar-refractivity contribution in [2.75, 3.05) is 0 Å². The Hall–Kier alpha value is -2.39. The molecule has 1 aliphatic rings. The van der Waals surface area contributed by atoms with Gasteiger partial charge in [0, 0.05) is 27.1 Å². The fourth-order valence-corrected chi connectivity index (χ4v) is 2.88. The van der Waals surface area contributed by atoms with E-state index in [0.717, 1.165) is 5.56 Å². The van der Waals surface area contributed by atoms with E-state index in [1.54, 1.807) is 30.3 Å². The molecule has 0 aliphatic heterocycles. The number of aromatic amines is 1. The van der Waals surface area contributed by atoms with Crippen molar-refractivity contribution >= 4 is 28.3 Å². The molecule has 0 atom stereocenters. The normalized spacial score (nSPS) is 12.6. The smallest absolute Gasteiger partial charge is 0.201 e. The molecule has 0 fully saturated rings. The van der Waals surface area contributed by atoms with Crippen LogP contribution in [0, 0.1) is 0 Å². The van der Waals surface area contributed by atoms with Crippen LogP contribution in [0.1, 0.15) is 15.9 Å². The molecular weight excluding hydrogens is 274 g/mol. The van der Waals surface area contributed by atoms with Crippen LogP contribution in [0.2, 0.25) is 5.02 Å². The van der Waals surface area contributed by atoms with Crippen LogP contribution in [-0.4, -0.2) is 10.8 Å². The molecule has 2 aromatic carbocycles. The summed E-state index contributed by atoms with van der Waals surface area (Å²) in [6, 6.07) is 12.3. The molecule has 1 heterocycles. The molecule has 3 nitrogen and oxygen atoms in total. The highest BCUT2D eigenvalue weighted by Crippen LogP contribution is 2.34. The molecule has 0 unspecified atom stereocenters. The first-order valence-corrected chi connectivity index (χ1v) is 6.54. The number of benzene rings is 2. The van der Waals surface area contributed by atoms with Crippen LogP contribution >= 0.6 is 11.6 Å². The van der Waals surface area contributed by atoms with E-state index >= 15 is 0 Å². The van der Waals surface area contributed by atoms with Gasteiger partial charge in [0.15, 0.2) is 5.78 Å². The number of halogens is 1. The van der Waals surface area contributed by atoms with Crippen molar-refractivity contribution in [3.63, 3.8) is 0 Å². The van der Waals surface area contributed by atoms with Crippen molar-refractivity contribution in [3.05, 3.63) is 68.8 Å². The number of rotatable bonds is 0. The zero-order valence-electron chi connectivity index (χ0n) is 10.2. The monoisotopic (exact) mass is 281 g/mol. The van der Waals surface area contributed by atoms with Crippen LogP contribution in [0.5, 0.6) is 0 Å². The summed E-state index contributed by atoms with van der Waals surface area (Å²) < 4.78 is 0. The Balaban J connectivity index is 2.20. The van der Waals surface area contributed by atoms with Crippen molar-refractivity contribution in [3.8, 4) is 11.3 Å². The van der Waals surface area contributed by atoms with Gasteiger partial charge in [0.2, 0.25) is 5.43 Å². The second kappa shape index (κ2) is 3.81. The molecule has 4 rings (SSSR count). The van der Waals surface area contributed by atoms with Gasteiger partial charge in [-0.3, -0.25) is 9.59 Å². The molecule has 1 N–H and O–H groups in total. The van der Waals surface area contributed by atoms with E-state index in [0.29, 0.717) is 27.2 Å². The molecule has 20 heavy (non-hydrogen) atoms. The fourth-order valence-electron chi connectivity index (χ4n) is 2.71. The fraction of sp³-hybridized carbons (Fsp3) is 0. The van der Waals surface area contributed by atoms with Gasteiger partial charge in [0.1, 0.15) is 0 Å². The number of pyridine rings is 1. The van der Waals surface area contributed by atoms with Gasteiger partial charge in [0.25, 0.3) is 0 Å². The molecule has 1 aromatic heterocycles. The van der Waals surface area contributed by atoms with E-state index in [1.165, 1.54) is 0 Å². The van der Waals surface area contributed by atoms with Gasteiger partial charge in [-0.1, -0.05) is 35.9 Å². The quantitative estimate of drug-likeness (QED) is 0.537. The Morgan fingerprint density at radius 3 is 2.50 bits per heavy atom. The zero-order valence-corrected chi connectivity index (χ0v) is 11.0. The molecule has 96 valence electrons. The Labute approximate surface area is 118 Å². The second-order valence-corrected chi connectivity index (χ2v) is 5.21. The summed E-state index contributed by atoms with van der Waals surface area (Å²) in [4.78, 5) is 28.1. The number of fused-ring (bicyclic) bond motifs is 4. The first kappa shape index (κ1) is 11.4. The Morgan fingerprint density at radius 2 is 1.70 bits per heavy atom. The van der Waals surface area contributed by atoms with E-state index in [-0.39, 0.29) is 16.8 Å². The van der Waals surface area contributed by atoms with Gasteiger partial charge < -0.3 is 4.98 Å². The lowest BCUT2D eigenvalue weighted by molar-refractivity contribution is 0.104. The van der Waals surface area contributed by atoms with Gasteiger partial charge in [0.05, 0.1) is 11.3 Å². The third-order valence-electron chi connectivity index (χ3n) is 3.63. The SMILES string of the molecule is O=C1c2ccccc2-c2[nH]c3ccc(Cl)cc3c(=O)c21. The summed E-state index contributed by atoms with van der Waals surface area (Å²) in [5.41, 5.74) is 2.57. The first-order valence-electron chi connectivity index (χ1n) is 6.16. The zero-order chi connectivity index (χ0) is 13.9. The van der Waals surface area contributed by atoms with Crippen molar-refractivity contribution in [1.29, 1.82) is 0 Å². The number of ketones is 1. The van der Waals surface area contributed by atoms with Gasteiger partial charge in [-0.2, -0.15) is 0 Å². The molecule has 4 heteroatoms. The summed E-state index contributed by atoms with van der Waals surface area (Å²) in [6.07, 6.45) is 0. The average molecular weight is 282 g/mol. The maximum Gasteiger partial charge on any atom is 0.201 e. The highest BCUT2D eigenvalue weighted by molar-refractivity contribution is 6.31. The molecule has 0 spiro atoms. The van der Waals surface area contributed by atoms with Crippen molar-refractivity contribution in [2.24, 2.45) is 0 Å². The van der Waals surface area contributed by atoms with E-state index in [2.05, 4.69) is 4.98 Å². The Bertz CT molecular complexity index is 956. The second-order valence-electron chi connectivity index (χ2n) is 4.77. The summed E-state index contributed by atoms with van der Waals surface area (Å²) in [6.45, 7) is 0. The first-order chi connectivity index (χ1) is 9.66. The number of carbonyl (C=O) groups is 1. The topological polar surface area (TPSA) is 49.9 Å². The molecule has 0 radical (unpaired) electrons. The third kappa shape index (κ3) is 1.35. The molecular formula is C16H8ClNO2. The van der Waals surface area contributed by atoms with Gasteiger partial charge in [-0.25, -0.2) is 0 Å². The van der Waals surface area contributed by atoms with Gasteiger partial charge in [-0.05, 0) is 18.2 Å². The van der Waals surface area contributed by atoms with E-state index < -0.39 is 0 Å². The molecule has 0 bridgehead atoms. The Morgan fingerprint density at radius 1 is 0.950 bits per heavy atom. The molecule has 3 aromatic rings. The highest BCUT2D eigenvalue weighted by Gasteiger charge is 2.30. The minimum absolute atomic E-state index is 0.209. The predicted octanol–water partition coefficient (Wildman–Crippen LogP) is 3.39. The maximum absolute atomic E-state index is 12.6. The highest BCUT2D eigenvalue weighted by atomic mass is 35.5. The number of aromatic nitrogens is 1.